The molecule has 18 heavy (non-hydrogen) atoms. The lowest BCUT2D eigenvalue weighted by Gasteiger charge is -2.29. The summed E-state index contributed by atoms with van der Waals surface area (Å²) >= 11 is 0. The first-order valence-electron chi connectivity index (χ1n) is 6.55. The van der Waals surface area contributed by atoms with Gasteiger partial charge in [0.1, 0.15) is 0 Å². The Kier molecular flexibility index (Phi) is 5.16. The summed E-state index contributed by atoms with van der Waals surface area (Å²) in [5, 5.41) is 3.31. The molecule has 0 saturated carbocycles. The maximum absolute atomic E-state index is 12.1. The Morgan fingerprint density at radius 3 is 3.17 bits per heavy atom. The van der Waals surface area contributed by atoms with Crippen molar-refractivity contribution in [1.29, 1.82) is 0 Å². The van der Waals surface area contributed by atoms with E-state index in [1.807, 2.05) is 4.90 Å². The molecule has 5 heteroatoms. The third-order valence-corrected chi connectivity index (χ3v) is 3.41. The van der Waals surface area contributed by atoms with Crippen molar-refractivity contribution in [2.45, 2.75) is 18.9 Å². The normalized spacial score (nSPS) is 24.8. The second kappa shape index (κ2) is 6.87. The number of ether oxygens (including phenoxy) is 2. The third kappa shape index (κ3) is 3.80. The molecule has 1 atom stereocenters. The Balaban J connectivity index is 1.76. The molecule has 0 aromatic carbocycles. The van der Waals surface area contributed by atoms with Crippen molar-refractivity contribution in [3.63, 3.8) is 0 Å². The highest BCUT2D eigenvalue weighted by Crippen LogP contribution is 2.13. The molecular weight excluding hydrogens is 232 g/mol. The Morgan fingerprint density at radius 2 is 2.56 bits per heavy atom. The lowest BCUT2D eigenvalue weighted by molar-refractivity contribution is -0.132. The molecule has 1 N–H and O–H groups in total. The molecule has 0 spiro atoms. The lowest BCUT2D eigenvalue weighted by Crippen LogP contribution is -2.45. The van der Waals surface area contributed by atoms with Crippen molar-refractivity contribution >= 4 is 5.91 Å². The molecule has 1 fully saturated rings. The summed E-state index contributed by atoms with van der Waals surface area (Å²) in [4.78, 5) is 14.0. The average molecular weight is 254 g/mol. The highest BCUT2D eigenvalue weighted by molar-refractivity contribution is 5.77. The standard InChI is InChI=1S/C13H22N2O3/c1-17-9-11-2-5-15(6-3-11)13(16)8-12-10-18-7-4-14-12/h2,12,14H,3-10H2,1H3. The second-order valence-electron chi connectivity index (χ2n) is 4.82. The van der Waals surface area contributed by atoms with Crippen LogP contribution in [0.15, 0.2) is 11.6 Å². The fraction of sp³-hybridized carbons (Fsp3) is 0.769. The van der Waals surface area contributed by atoms with E-state index in [1.165, 1.54) is 5.57 Å². The summed E-state index contributed by atoms with van der Waals surface area (Å²) in [7, 11) is 1.70. The molecule has 0 aromatic heterocycles. The van der Waals surface area contributed by atoms with Crippen LogP contribution in [0, 0.1) is 0 Å². The molecule has 2 heterocycles. The van der Waals surface area contributed by atoms with E-state index in [9.17, 15) is 4.79 Å². The Labute approximate surface area is 108 Å². The molecule has 1 saturated heterocycles. The van der Waals surface area contributed by atoms with Gasteiger partial charge in [-0.15, -0.1) is 0 Å². The van der Waals surface area contributed by atoms with E-state index in [4.69, 9.17) is 9.47 Å². The van der Waals surface area contributed by atoms with E-state index in [0.717, 1.165) is 26.1 Å². The van der Waals surface area contributed by atoms with Gasteiger partial charge in [0.15, 0.2) is 0 Å². The number of nitrogens with zero attached hydrogens (tertiary/aromatic N) is 1. The quantitative estimate of drug-likeness (QED) is 0.727. The summed E-state index contributed by atoms with van der Waals surface area (Å²) in [5.41, 5.74) is 1.29. The number of amides is 1. The van der Waals surface area contributed by atoms with Crippen LogP contribution in [0.4, 0.5) is 0 Å². The summed E-state index contributed by atoms with van der Waals surface area (Å²) < 4.78 is 10.5. The first-order valence-corrected chi connectivity index (χ1v) is 6.55. The molecule has 0 radical (unpaired) electrons. The summed E-state index contributed by atoms with van der Waals surface area (Å²) in [6, 6.07) is 0.176. The van der Waals surface area contributed by atoms with Crippen LogP contribution in [0.3, 0.4) is 0 Å². The van der Waals surface area contributed by atoms with Crippen molar-refractivity contribution in [2.75, 3.05) is 46.6 Å². The number of nitrogens with one attached hydrogen (secondary N) is 1. The molecule has 0 bridgehead atoms. The van der Waals surface area contributed by atoms with Gasteiger partial charge in [0.25, 0.3) is 0 Å². The largest absolute Gasteiger partial charge is 0.380 e. The molecule has 5 nitrogen and oxygen atoms in total. The van der Waals surface area contributed by atoms with Crippen LogP contribution in [-0.2, 0) is 14.3 Å². The fourth-order valence-electron chi connectivity index (χ4n) is 2.34. The highest BCUT2D eigenvalue weighted by atomic mass is 16.5. The SMILES string of the molecule is COCC1=CCN(C(=O)CC2COCCN2)CC1. The Morgan fingerprint density at radius 1 is 1.67 bits per heavy atom. The monoisotopic (exact) mass is 254 g/mol. The predicted molar refractivity (Wildman–Crippen MR) is 68.4 cm³/mol. The first-order chi connectivity index (χ1) is 8.79. The molecule has 0 aliphatic carbocycles. The molecule has 1 unspecified atom stereocenters. The van der Waals surface area contributed by atoms with Crippen molar-refractivity contribution < 1.29 is 14.3 Å². The number of carbonyl (C=O) groups is 1. The van der Waals surface area contributed by atoms with E-state index in [2.05, 4.69) is 11.4 Å². The van der Waals surface area contributed by atoms with Crippen molar-refractivity contribution in [3.8, 4) is 0 Å². The smallest absolute Gasteiger partial charge is 0.224 e. The molecule has 0 aromatic rings. The van der Waals surface area contributed by atoms with Crippen LogP contribution in [0.2, 0.25) is 0 Å². The maximum Gasteiger partial charge on any atom is 0.224 e. The van der Waals surface area contributed by atoms with Crippen molar-refractivity contribution in [3.05, 3.63) is 11.6 Å². The van der Waals surface area contributed by atoms with Crippen LogP contribution >= 0.6 is 0 Å². The van der Waals surface area contributed by atoms with Gasteiger partial charge in [-0.2, -0.15) is 0 Å². The molecule has 1 amide bonds. The van der Waals surface area contributed by atoms with Gasteiger partial charge in [0, 0.05) is 39.2 Å². The predicted octanol–water partition coefficient (Wildman–Crippen LogP) is 0.170. The number of carbonyl (C=O) groups excluding carboxylic acids is 1. The number of methoxy groups -OCH3 is 1. The van der Waals surface area contributed by atoms with E-state index < -0.39 is 0 Å². The zero-order valence-electron chi connectivity index (χ0n) is 11.0. The zero-order valence-corrected chi connectivity index (χ0v) is 11.0. The van der Waals surface area contributed by atoms with Gasteiger partial charge in [0.2, 0.25) is 5.91 Å². The van der Waals surface area contributed by atoms with Crippen LogP contribution in [0.5, 0.6) is 0 Å². The number of hydrogen-bond donors (Lipinski definition) is 1. The minimum absolute atomic E-state index is 0.176. The topological polar surface area (TPSA) is 50.8 Å². The lowest BCUT2D eigenvalue weighted by atomic mass is 10.1. The summed E-state index contributed by atoms with van der Waals surface area (Å²) in [6.45, 7) is 4.43. The number of rotatable bonds is 4. The van der Waals surface area contributed by atoms with E-state index in [1.54, 1.807) is 7.11 Å². The van der Waals surface area contributed by atoms with Crippen LogP contribution in [-0.4, -0.2) is 63.4 Å². The second-order valence-corrected chi connectivity index (χ2v) is 4.82. The number of morpholine rings is 1. The molecule has 102 valence electrons. The maximum atomic E-state index is 12.1. The van der Waals surface area contributed by atoms with Gasteiger partial charge in [-0.1, -0.05) is 6.08 Å². The van der Waals surface area contributed by atoms with Gasteiger partial charge >= 0.3 is 0 Å². The number of hydrogen-bond acceptors (Lipinski definition) is 4. The van der Waals surface area contributed by atoms with Crippen molar-refractivity contribution in [2.24, 2.45) is 0 Å². The average Bonchev–Trinajstić information content (AvgIpc) is 2.41. The fourth-order valence-corrected chi connectivity index (χ4v) is 2.34. The summed E-state index contributed by atoms with van der Waals surface area (Å²) in [6.07, 6.45) is 3.57. The van der Waals surface area contributed by atoms with Gasteiger partial charge in [0.05, 0.1) is 19.8 Å². The first kappa shape index (κ1) is 13.5. The molecule has 2 aliphatic heterocycles. The van der Waals surface area contributed by atoms with E-state index in [-0.39, 0.29) is 11.9 Å². The molecule has 2 rings (SSSR count). The van der Waals surface area contributed by atoms with Gasteiger partial charge < -0.3 is 19.7 Å². The molecular formula is C13H22N2O3. The van der Waals surface area contributed by atoms with Gasteiger partial charge in [-0.05, 0) is 12.0 Å². The Bertz CT molecular complexity index is 311. The van der Waals surface area contributed by atoms with Crippen LogP contribution in [0.25, 0.3) is 0 Å². The summed E-state index contributed by atoms with van der Waals surface area (Å²) in [5.74, 6) is 0.214. The minimum Gasteiger partial charge on any atom is -0.380 e. The zero-order chi connectivity index (χ0) is 12.8. The Hall–Kier alpha value is -0.910. The van der Waals surface area contributed by atoms with Gasteiger partial charge in [-0.25, -0.2) is 0 Å². The van der Waals surface area contributed by atoms with E-state index in [0.29, 0.717) is 26.2 Å². The van der Waals surface area contributed by atoms with Gasteiger partial charge in [-0.3, -0.25) is 4.79 Å². The van der Waals surface area contributed by atoms with Crippen LogP contribution < -0.4 is 5.32 Å². The molecule has 2 aliphatic rings. The minimum atomic E-state index is 0.176. The van der Waals surface area contributed by atoms with Crippen LogP contribution in [0.1, 0.15) is 12.8 Å². The highest BCUT2D eigenvalue weighted by Gasteiger charge is 2.22. The van der Waals surface area contributed by atoms with Crippen molar-refractivity contribution in [1.82, 2.24) is 10.2 Å². The van der Waals surface area contributed by atoms with E-state index >= 15 is 0 Å². The third-order valence-electron chi connectivity index (χ3n) is 3.41.